The molecular weight excluding hydrogens is 554 g/mol. The molecule has 4 rings (SSSR count). The van der Waals surface area contributed by atoms with Gasteiger partial charge in [-0.05, 0) is 49.7 Å². The zero-order valence-electron chi connectivity index (χ0n) is 24.5. The number of rotatable bonds is 9. The summed E-state index contributed by atoms with van der Waals surface area (Å²) in [6, 6.07) is 20.8. The number of nitrogens with one attached hydrogen (secondary N) is 1. The van der Waals surface area contributed by atoms with E-state index in [0.717, 1.165) is 11.1 Å². The monoisotopic (exact) mass is 593 g/mol. The number of likely N-dealkylation sites (N-methyl/N-ethyl adjacent to an activating group) is 1. The summed E-state index contributed by atoms with van der Waals surface area (Å²) in [4.78, 5) is 28.0. The van der Waals surface area contributed by atoms with E-state index in [9.17, 15) is 23.1 Å². The van der Waals surface area contributed by atoms with Crippen molar-refractivity contribution in [3.05, 3.63) is 89.5 Å². The number of sulfonamides is 1. The number of fused-ring (bicyclic) bond motifs is 1. The van der Waals surface area contributed by atoms with E-state index in [2.05, 4.69) is 5.32 Å². The number of hydrogen-bond acceptors (Lipinski definition) is 6. The Bertz CT molecular complexity index is 1490. The first-order valence-corrected chi connectivity index (χ1v) is 15.5. The lowest BCUT2D eigenvalue weighted by molar-refractivity contribution is -0.134. The van der Waals surface area contributed by atoms with Gasteiger partial charge in [-0.25, -0.2) is 8.42 Å². The Kier molecular flexibility index (Phi) is 10.0. The van der Waals surface area contributed by atoms with E-state index >= 15 is 0 Å². The van der Waals surface area contributed by atoms with Gasteiger partial charge in [0.1, 0.15) is 11.9 Å². The second kappa shape index (κ2) is 13.5. The minimum Gasteiger partial charge on any atom is -0.488 e. The number of ether oxygens (including phenoxy) is 1. The highest BCUT2D eigenvalue weighted by Gasteiger charge is 2.33. The van der Waals surface area contributed by atoms with Gasteiger partial charge in [-0.1, -0.05) is 55.0 Å². The molecule has 9 nitrogen and oxygen atoms in total. The van der Waals surface area contributed by atoms with Crippen LogP contribution in [0.5, 0.6) is 5.75 Å². The van der Waals surface area contributed by atoms with Crippen LogP contribution in [-0.2, 0) is 32.5 Å². The fourth-order valence-electron chi connectivity index (χ4n) is 4.95. The van der Waals surface area contributed by atoms with Gasteiger partial charge in [0, 0.05) is 30.8 Å². The lowest BCUT2D eigenvalue weighted by atomic mass is 10.0. The van der Waals surface area contributed by atoms with Crippen LogP contribution in [0.1, 0.15) is 30.5 Å². The van der Waals surface area contributed by atoms with Gasteiger partial charge < -0.3 is 20.1 Å². The third-order valence-corrected chi connectivity index (χ3v) is 9.41. The van der Waals surface area contributed by atoms with Crippen molar-refractivity contribution in [3.63, 3.8) is 0 Å². The van der Waals surface area contributed by atoms with E-state index in [1.165, 1.54) is 11.4 Å². The predicted octanol–water partition coefficient (Wildman–Crippen LogP) is 3.65. The van der Waals surface area contributed by atoms with E-state index in [-0.39, 0.29) is 55.2 Å². The molecule has 0 fully saturated rings. The highest BCUT2D eigenvalue weighted by atomic mass is 32.2. The van der Waals surface area contributed by atoms with Gasteiger partial charge in [0.2, 0.25) is 21.8 Å². The summed E-state index contributed by atoms with van der Waals surface area (Å²) in [6.45, 7) is 5.68. The maximum absolute atomic E-state index is 13.5. The molecule has 1 aliphatic rings. The maximum Gasteiger partial charge on any atom is 0.242 e. The molecule has 3 aromatic carbocycles. The van der Waals surface area contributed by atoms with Crippen molar-refractivity contribution in [1.29, 1.82) is 0 Å². The van der Waals surface area contributed by atoms with Crippen LogP contribution in [-0.4, -0.2) is 73.4 Å². The lowest BCUT2D eigenvalue weighted by Gasteiger charge is -2.33. The minimum atomic E-state index is -3.79. The van der Waals surface area contributed by atoms with Crippen molar-refractivity contribution in [1.82, 2.24) is 9.21 Å². The Morgan fingerprint density at radius 2 is 1.81 bits per heavy atom. The van der Waals surface area contributed by atoms with Crippen LogP contribution in [0.25, 0.3) is 0 Å². The number of benzene rings is 3. The third-order valence-electron chi connectivity index (χ3n) is 7.57. The molecule has 1 aliphatic heterocycles. The minimum absolute atomic E-state index is 0.000979. The van der Waals surface area contributed by atoms with E-state index in [4.69, 9.17) is 4.74 Å². The van der Waals surface area contributed by atoms with Crippen LogP contribution in [0.4, 0.5) is 5.69 Å². The standard InChI is InChI=1S/C32H39N3O6S/c1-22-10-13-28(14-11-22)42(39,40)34(4)20-30-23(2)19-35(24(3)21-36)32(38)18-26-17-27(12-15-29(26)41-30)33-31(37)16-25-8-6-5-7-9-25/h5-15,17,23-24,30,36H,16,18-21H2,1-4H3,(H,33,37)/t23-,24+,30-/m0/s1. The number of hydrogen-bond donors (Lipinski definition) is 2. The Hall–Kier alpha value is -3.73. The zero-order valence-corrected chi connectivity index (χ0v) is 25.3. The molecule has 0 radical (unpaired) electrons. The van der Waals surface area contributed by atoms with Crippen LogP contribution in [0.3, 0.4) is 0 Å². The normalized spacial score (nSPS) is 18.3. The average molecular weight is 594 g/mol. The number of carbonyl (C=O) groups is 2. The van der Waals surface area contributed by atoms with Crippen molar-refractivity contribution in [2.24, 2.45) is 5.92 Å². The molecule has 3 aromatic rings. The molecule has 224 valence electrons. The highest BCUT2D eigenvalue weighted by molar-refractivity contribution is 7.89. The maximum atomic E-state index is 13.5. The number of aryl methyl sites for hydroxylation is 1. The largest absolute Gasteiger partial charge is 0.488 e. The number of anilines is 1. The first kappa shape index (κ1) is 31.2. The molecule has 0 aliphatic carbocycles. The highest BCUT2D eigenvalue weighted by Crippen LogP contribution is 2.30. The van der Waals surface area contributed by atoms with E-state index in [1.807, 2.05) is 44.2 Å². The van der Waals surface area contributed by atoms with Gasteiger partial charge in [0.25, 0.3) is 0 Å². The Balaban J connectivity index is 1.62. The number of aliphatic hydroxyl groups excluding tert-OH is 1. The SMILES string of the molecule is Cc1ccc(S(=O)(=O)N(C)C[C@@H]2Oc3ccc(NC(=O)Cc4ccccc4)cc3CC(=O)N([C@H](C)CO)C[C@@H]2C)cc1. The molecule has 1 heterocycles. The van der Waals surface area contributed by atoms with Gasteiger partial charge in [0.15, 0.2) is 0 Å². The summed E-state index contributed by atoms with van der Waals surface area (Å²) in [6.07, 6.45) is -0.401. The van der Waals surface area contributed by atoms with Crippen molar-refractivity contribution < 1.29 is 27.9 Å². The molecule has 0 saturated heterocycles. The fraction of sp³-hybridized carbons (Fsp3) is 0.375. The van der Waals surface area contributed by atoms with Crippen LogP contribution < -0.4 is 10.1 Å². The number of aliphatic hydroxyl groups is 1. The van der Waals surface area contributed by atoms with Gasteiger partial charge in [0.05, 0.1) is 36.9 Å². The summed E-state index contributed by atoms with van der Waals surface area (Å²) in [5.41, 5.74) is 2.93. The van der Waals surface area contributed by atoms with Crippen LogP contribution in [0.2, 0.25) is 0 Å². The second-order valence-electron chi connectivity index (χ2n) is 11.0. The lowest BCUT2D eigenvalue weighted by Crippen LogP contribution is -2.48. The van der Waals surface area contributed by atoms with Crippen molar-refractivity contribution in [2.75, 3.05) is 32.1 Å². The van der Waals surface area contributed by atoms with Gasteiger partial charge >= 0.3 is 0 Å². The molecule has 10 heteroatoms. The first-order chi connectivity index (χ1) is 20.0. The summed E-state index contributed by atoms with van der Waals surface area (Å²) in [5.74, 6) is -0.209. The Morgan fingerprint density at radius 1 is 1.12 bits per heavy atom. The molecule has 0 aromatic heterocycles. The first-order valence-electron chi connectivity index (χ1n) is 14.0. The molecule has 2 N–H and O–H groups in total. The van der Waals surface area contributed by atoms with Crippen LogP contribution in [0, 0.1) is 12.8 Å². The molecule has 2 amide bonds. The number of nitrogens with zero attached hydrogens (tertiary/aromatic N) is 2. The number of carbonyl (C=O) groups excluding carboxylic acids is 2. The fourth-order valence-corrected chi connectivity index (χ4v) is 6.14. The average Bonchev–Trinajstić information content (AvgIpc) is 3.00. The van der Waals surface area contributed by atoms with Crippen molar-refractivity contribution in [3.8, 4) is 5.75 Å². The molecule has 0 unspecified atom stereocenters. The topological polar surface area (TPSA) is 116 Å². The van der Waals surface area contributed by atoms with Gasteiger partial charge in [-0.3, -0.25) is 9.59 Å². The number of amides is 2. The Morgan fingerprint density at radius 3 is 2.48 bits per heavy atom. The summed E-state index contributed by atoms with van der Waals surface area (Å²) < 4.78 is 34.5. The second-order valence-corrected chi connectivity index (χ2v) is 13.1. The van der Waals surface area contributed by atoms with E-state index in [1.54, 1.807) is 54.3 Å². The summed E-state index contributed by atoms with van der Waals surface area (Å²) in [5, 5.41) is 12.8. The molecule has 0 spiro atoms. The molecule has 0 bridgehead atoms. The predicted molar refractivity (Wildman–Crippen MR) is 162 cm³/mol. The smallest absolute Gasteiger partial charge is 0.242 e. The van der Waals surface area contributed by atoms with Crippen LogP contribution >= 0.6 is 0 Å². The van der Waals surface area contributed by atoms with E-state index < -0.39 is 22.2 Å². The van der Waals surface area contributed by atoms with Gasteiger partial charge in [-0.2, -0.15) is 4.31 Å². The zero-order chi connectivity index (χ0) is 30.4. The molecule has 3 atom stereocenters. The molecule has 42 heavy (non-hydrogen) atoms. The molecule has 0 saturated carbocycles. The summed E-state index contributed by atoms with van der Waals surface area (Å²) in [7, 11) is -2.27. The summed E-state index contributed by atoms with van der Waals surface area (Å²) >= 11 is 0. The quantitative estimate of drug-likeness (QED) is 0.391. The van der Waals surface area contributed by atoms with Gasteiger partial charge in [-0.15, -0.1) is 0 Å². The third kappa shape index (κ3) is 7.56. The molecular formula is C32H39N3O6S. The van der Waals surface area contributed by atoms with Crippen molar-refractivity contribution in [2.45, 2.75) is 50.7 Å². The van der Waals surface area contributed by atoms with E-state index in [0.29, 0.717) is 17.0 Å². The Labute approximate surface area is 248 Å². The van der Waals surface area contributed by atoms with Crippen LogP contribution in [0.15, 0.2) is 77.7 Å². The van der Waals surface area contributed by atoms with Crippen molar-refractivity contribution >= 4 is 27.5 Å².